The first-order valence-electron chi connectivity index (χ1n) is 3.85. The maximum absolute atomic E-state index is 5.39. The predicted molar refractivity (Wildman–Crippen MR) is 40.5 cm³/mol. The molecule has 0 N–H and O–H groups in total. The Morgan fingerprint density at radius 1 is 1.18 bits per heavy atom. The summed E-state index contributed by atoms with van der Waals surface area (Å²) in [6.07, 6.45) is 3.27. The van der Waals surface area contributed by atoms with Crippen LogP contribution in [0.25, 0.3) is 0 Å². The first-order chi connectivity index (χ1) is 5.31. The van der Waals surface area contributed by atoms with Crippen LogP contribution in [-0.4, -0.2) is 35.3 Å². The summed E-state index contributed by atoms with van der Waals surface area (Å²) in [6, 6.07) is 0. The summed E-state index contributed by atoms with van der Waals surface area (Å²) in [7, 11) is 3.61. The van der Waals surface area contributed by atoms with Crippen LogP contribution < -0.4 is 21.2 Å². The van der Waals surface area contributed by atoms with Gasteiger partial charge in [0, 0.05) is 0 Å². The van der Waals surface area contributed by atoms with Crippen molar-refractivity contribution in [1.29, 1.82) is 0 Å². The third-order valence-corrected chi connectivity index (χ3v) is 5.21. The summed E-state index contributed by atoms with van der Waals surface area (Å²) in [4.78, 5) is 2.33. The number of hydrogen-bond donors (Lipinski definition) is 0. The van der Waals surface area contributed by atoms with Crippen LogP contribution in [-0.2, 0) is 9.47 Å². The van der Waals surface area contributed by atoms with Gasteiger partial charge in [-0.1, -0.05) is 0 Å². The molecule has 2 nitrogen and oxygen atoms in total. The number of halogens is 1. The van der Waals surface area contributed by atoms with Gasteiger partial charge >= 0.3 is 78.8 Å². The van der Waals surface area contributed by atoms with Crippen molar-refractivity contribution in [1.82, 2.24) is 0 Å². The summed E-state index contributed by atoms with van der Waals surface area (Å²) in [5.41, 5.74) is 0. The molecule has 3 heteroatoms. The van der Waals surface area contributed by atoms with E-state index in [9.17, 15) is 0 Å². The van der Waals surface area contributed by atoms with Crippen molar-refractivity contribution < 1.29 is 30.7 Å². The van der Waals surface area contributed by atoms with Gasteiger partial charge in [0.1, 0.15) is 0 Å². The van der Waals surface area contributed by atoms with Gasteiger partial charge in [-0.05, 0) is 0 Å². The van der Waals surface area contributed by atoms with Crippen LogP contribution in [0.5, 0.6) is 0 Å². The standard InChI is InChI=1S/C8H16IO2/c1-9-7-4-6(10-2)5-8(7)11-3/h6-8H,4-5H2,1-3H3/q-1. The molecular weight excluding hydrogens is 255 g/mol. The molecule has 0 aromatic heterocycles. The van der Waals surface area contributed by atoms with Gasteiger partial charge < -0.3 is 0 Å². The van der Waals surface area contributed by atoms with Crippen molar-refractivity contribution >= 4 is 0 Å². The van der Waals surface area contributed by atoms with E-state index in [0.29, 0.717) is 33.4 Å². The van der Waals surface area contributed by atoms with Crippen LogP contribution in [0.1, 0.15) is 12.8 Å². The van der Waals surface area contributed by atoms with Crippen LogP contribution in [0, 0.1) is 0 Å². The third-order valence-electron chi connectivity index (χ3n) is 2.30. The molecule has 0 heterocycles. The molecule has 0 bridgehead atoms. The monoisotopic (exact) mass is 271 g/mol. The minimum absolute atomic E-state index is 0.319. The molecule has 1 saturated carbocycles. The Morgan fingerprint density at radius 3 is 2.27 bits per heavy atom. The fourth-order valence-corrected chi connectivity index (χ4v) is 4.04. The SMILES string of the molecule is COC1CC(OC)C([I-]C)C1. The molecule has 0 aromatic carbocycles. The first kappa shape index (κ1) is 9.74. The van der Waals surface area contributed by atoms with Crippen molar-refractivity contribution in [3.63, 3.8) is 0 Å². The molecule has 3 atom stereocenters. The van der Waals surface area contributed by atoms with Crippen molar-refractivity contribution in [2.75, 3.05) is 19.2 Å². The van der Waals surface area contributed by atoms with Gasteiger partial charge in [-0.3, -0.25) is 0 Å². The van der Waals surface area contributed by atoms with Gasteiger partial charge in [-0.25, -0.2) is 0 Å². The summed E-state index contributed by atoms with van der Waals surface area (Å²) < 4.78 is 11.5. The molecule has 1 fully saturated rings. The number of hydrogen-bond acceptors (Lipinski definition) is 2. The second kappa shape index (κ2) is 4.62. The zero-order chi connectivity index (χ0) is 8.27. The summed E-state index contributed by atoms with van der Waals surface area (Å²) >= 11 is 0.319. The number of alkyl halides is 2. The predicted octanol–water partition coefficient (Wildman–Crippen LogP) is -2.10. The molecular formula is C8H16IO2-. The van der Waals surface area contributed by atoms with E-state index < -0.39 is 0 Å². The Morgan fingerprint density at radius 2 is 1.91 bits per heavy atom. The van der Waals surface area contributed by atoms with Gasteiger partial charge in [0.25, 0.3) is 0 Å². The zero-order valence-electron chi connectivity index (χ0n) is 7.34. The number of methoxy groups -OCH3 is 2. The molecule has 1 aliphatic carbocycles. The van der Waals surface area contributed by atoms with Crippen LogP contribution in [0.4, 0.5) is 0 Å². The Balaban J connectivity index is 2.41. The second-order valence-corrected chi connectivity index (χ2v) is 5.68. The van der Waals surface area contributed by atoms with E-state index in [-0.39, 0.29) is 0 Å². The molecule has 3 unspecified atom stereocenters. The molecule has 0 aliphatic heterocycles. The average molecular weight is 271 g/mol. The second-order valence-electron chi connectivity index (χ2n) is 2.84. The van der Waals surface area contributed by atoms with Crippen LogP contribution in [0.2, 0.25) is 0 Å². The van der Waals surface area contributed by atoms with Gasteiger partial charge in [-0.15, -0.1) is 0 Å². The normalized spacial score (nSPS) is 38.3. The quantitative estimate of drug-likeness (QED) is 0.432. The van der Waals surface area contributed by atoms with Gasteiger partial charge in [0.05, 0.1) is 0 Å². The fraction of sp³-hybridized carbons (Fsp3) is 1.00. The van der Waals surface area contributed by atoms with Gasteiger partial charge in [0.15, 0.2) is 0 Å². The summed E-state index contributed by atoms with van der Waals surface area (Å²) in [5.74, 6) is 0. The molecule has 11 heavy (non-hydrogen) atoms. The van der Waals surface area contributed by atoms with Gasteiger partial charge in [-0.2, -0.15) is 0 Å². The topological polar surface area (TPSA) is 18.5 Å². The molecule has 0 saturated heterocycles. The Labute approximate surface area is 78.9 Å². The molecule has 0 radical (unpaired) electrons. The third kappa shape index (κ3) is 2.29. The molecule has 1 rings (SSSR count). The molecule has 68 valence electrons. The van der Waals surface area contributed by atoms with Gasteiger partial charge in [0.2, 0.25) is 0 Å². The Kier molecular flexibility index (Phi) is 4.09. The molecule has 0 spiro atoms. The number of rotatable bonds is 3. The van der Waals surface area contributed by atoms with Crippen molar-refractivity contribution in [2.45, 2.75) is 29.0 Å². The average Bonchev–Trinajstić information content (AvgIpc) is 2.46. The van der Waals surface area contributed by atoms with Crippen molar-refractivity contribution in [2.24, 2.45) is 0 Å². The molecule has 1 aliphatic rings. The van der Waals surface area contributed by atoms with Crippen LogP contribution >= 0.6 is 0 Å². The summed E-state index contributed by atoms with van der Waals surface area (Å²) in [5, 5.41) is 0. The van der Waals surface area contributed by atoms with E-state index in [2.05, 4.69) is 4.93 Å². The zero-order valence-corrected chi connectivity index (χ0v) is 9.50. The van der Waals surface area contributed by atoms with E-state index in [4.69, 9.17) is 9.47 Å². The fourth-order valence-electron chi connectivity index (χ4n) is 1.57. The van der Waals surface area contributed by atoms with E-state index in [1.165, 1.54) is 6.42 Å². The van der Waals surface area contributed by atoms with E-state index in [1.54, 1.807) is 7.11 Å². The Bertz CT molecular complexity index is 107. The molecule has 0 aromatic rings. The van der Waals surface area contributed by atoms with Crippen LogP contribution in [0.15, 0.2) is 0 Å². The van der Waals surface area contributed by atoms with Crippen molar-refractivity contribution in [3.05, 3.63) is 0 Å². The molecule has 0 amide bonds. The first-order valence-corrected chi connectivity index (χ1v) is 7.25. The van der Waals surface area contributed by atoms with E-state index in [1.807, 2.05) is 7.11 Å². The van der Waals surface area contributed by atoms with E-state index >= 15 is 0 Å². The van der Waals surface area contributed by atoms with Crippen LogP contribution in [0.3, 0.4) is 0 Å². The summed E-state index contributed by atoms with van der Waals surface area (Å²) in [6.45, 7) is 0. The Hall–Kier alpha value is 0.650. The maximum atomic E-state index is 5.39. The number of ether oxygens (including phenoxy) is 2. The van der Waals surface area contributed by atoms with Crippen molar-refractivity contribution in [3.8, 4) is 0 Å². The van der Waals surface area contributed by atoms with E-state index in [0.717, 1.165) is 10.3 Å². The minimum atomic E-state index is 0.319.